The van der Waals surface area contributed by atoms with Crippen LogP contribution in [-0.4, -0.2) is 58.9 Å². The van der Waals surface area contributed by atoms with Gasteiger partial charge in [-0.1, -0.05) is 50.6 Å². The van der Waals surface area contributed by atoms with Crippen LogP contribution < -0.4 is 11.1 Å². The van der Waals surface area contributed by atoms with Gasteiger partial charge < -0.3 is 20.9 Å². The lowest BCUT2D eigenvalue weighted by Gasteiger charge is -2.43. The number of benzene rings is 2. The predicted molar refractivity (Wildman–Crippen MR) is 145 cm³/mol. The van der Waals surface area contributed by atoms with E-state index in [4.69, 9.17) is 5.73 Å². The lowest BCUT2D eigenvalue weighted by atomic mass is 9.86. The number of carbonyl (C=O) groups excluding carboxylic acids is 3. The van der Waals surface area contributed by atoms with E-state index in [1.54, 1.807) is 21.9 Å². The fourth-order valence-electron chi connectivity index (χ4n) is 5.21. The second-order valence-electron chi connectivity index (χ2n) is 11.5. The van der Waals surface area contributed by atoms with Gasteiger partial charge in [-0.05, 0) is 74.3 Å². The molecule has 1 unspecified atom stereocenters. The number of nitrogens with two attached hydrogens (primary N) is 1. The molecule has 0 radical (unpaired) electrons. The summed E-state index contributed by atoms with van der Waals surface area (Å²) in [5.74, 6) is -0.792. The van der Waals surface area contributed by atoms with Crippen LogP contribution in [0.5, 0.6) is 0 Å². The topological polar surface area (TPSA) is 95.7 Å². The first-order valence-electron chi connectivity index (χ1n) is 13.4. The second kappa shape index (κ2) is 11.1. The average Bonchev–Trinajstić information content (AvgIpc) is 2.88. The van der Waals surface area contributed by atoms with Crippen molar-refractivity contribution in [3.8, 4) is 0 Å². The quantitative estimate of drug-likeness (QED) is 0.658. The van der Waals surface area contributed by atoms with Crippen molar-refractivity contribution in [2.24, 2.45) is 5.73 Å². The summed E-state index contributed by atoms with van der Waals surface area (Å²) in [6.45, 7) is 9.16. The van der Waals surface area contributed by atoms with Crippen LogP contribution in [-0.2, 0) is 10.2 Å². The van der Waals surface area contributed by atoms with Gasteiger partial charge in [-0.3, -0.25) is 14.4 Å². The average molecular weight is 505 g/mol. The van der Waals surface area contributed by atoms with Crippen LogP contribution in [0.2, 0.25) is 0 Å². The van der Waals surface area contributed by atoms with Crippen molar-refractivity contribution in [2.45, 2.75) is 83.5 Å². The Kier molecular flexibility index (Phi) is 8.02. The smallest absolute Gasteiger partial charge is 0.264 e. The summed E-state index contributed by atoms with van der Waals surface area (Å²) in [7, 11) is 0. The minimum atomic E-state index is -1.01. The van der Waals surface area contributed by atoms with Crippen LogP contribution in [0, 0.1) is 6.92 Å². The van der Waals surface area contributed by atoms with Gasteiger partial charge >= 0.3 is 0 Å². The molecule has 0 aromatic heterocycles. The fourth-order valence-corrected chi connectivity index (χ4v) is 5.21. The molecular formula is C30H40N4O3. The zero-order valence-corrected chi connectivity index (χ0v) is 22.5. The van der Waals surface area contributed by atoms with Crippen molar-refractivity contribution >= 4 is 17.7 Å². The van der Waals surface area contributed by atoms with E-state index in [1.807, 2.05) is 43.3 Å². The normalized spacial score (nSPS) is 22.5. The molecule has 198 valence electrons. The van der Waals surface area contributed by atoms with E-state index in [-0.39, 0.29) is 35.2 Å². The largest absolute Gasteiger partial charge is 0.350 e. The number of aryl methyl sites for hydroxylation is 1. The highest BCUT2D eigenvalue weighted by Crippen LogP contribution is 2.25. The molecule has 1 atom stereocenters. The Morgan fingerprint density at radius 3 is 1.78 bits per heavy atom. The van der Waals surface area contributed by atoms with Gasteiger partial charge in [0.1, 0.15) is 0 Å². The third-order valence-corrected chi connectivity index (χ3v) is 7.56. The zero-order chi connectivity index (χ0) is 26.7. The van der Waals surface area contributed by atoms with Crippen LogP contribution in [0.3, 0.4) is 0 Å². The Morgan fingerprint density at radius 1 is 0.811 bits per heavy atom. The first kappa shape index (κ1) is 26.9. The number of amides is 3. The van der Waals surface area contributed by atoms with E-state index in [1.165, 1.54) is 0 Å². The Hall–Kier alpha value is -3.19. The summed E-state index contributed by atoms with van der Waals surface area (Å²) in [5, 5.41) is 3.14. The molecule has 0 bridgehead atoms. The summed E-state index contributed by atoms with van der Waals surface area (Å²) in [5.41, 5.74) is 9.22. The van der Waals surface area contributed by atoms with Gasteiger partial charge in [0.15, 0.2) is 6.17 Å². The maximum absolute atomic E-state index is 13.8. The molecular weight excluding hydrogens is 464 g/mol. The number of nitrogens with zero attached hydrogens (tertiary/aromatic N) is 2. The van der Waals surface area contributed by atoms with E-state index in [0.717, 1.165) is 36.8 Å². The second-order valence-corrected chi connectivity index (χ2v) is 11.5. The molecule has 2 aliphatic rings. The number of hydrogen-bond acceptors (Lipinski definition) is 4. The lowest BCUT2D eigenvalue weighted by Crippen LogP contribution is -2.64. The minimum absolute atomic E-state index is 0.00595. The monoisotopic (exact) mass is 504 g/mol. The van der Waals surface area contributed by atoms with E-state index >= 15 is 0 Å². The molecule has 7 nitrogen and oxygen atoms in total. The number of rotatable bonds is 4. The predicted octanol–water partition coefficient (Wildman–Crippen LogP) is 3.99. The van der Waals surface area contributed by atoms with E-state index in [0.29, 0.717) is 30.6 Å². The van der Waals surface area contributed by atoms with Crippen LogP contribution in [0.1, 0.15) is 84.7 Å². The molecule has 1 heterocycles. The highest BCUT2D eigenvalue weighted by atomic mass is 16.2. The van der Waals surface area contributed by atoms with Gasteiger partial charge in [-0.2, -0.15) is 0 Å². The molecule has 2 aromatic carbocycles. The Labute approximate surface area is 220 Å². The third-order valence-electron chi connectivity index (χ3n) is 7.56. The zero-order valence-electron chi connectivity index (χ0n) is 22.5. The maximum Gasteiger partial charge on any atom is 0.264 e. The van der Waals surface area contributed by atoms with Crippen molar-refractivity contribution in [3.05, 3.63) is 70.8 Å². The van der Waals surface area contributed by atoms with E-state index in [9.17, 15) is 14.4 Å². The number of hydrogen-bond donors (Lipinski definition) is 2. The van der Waals surface area contributed by atoms with Crippen molar-refractivity contribution < 1.29 is 14.4 Å². The van der Waals surface area contributed by atoms with Gasteiger partial charge in [-0.25, -0.2) is 0 Å². The van der Waals surface area contributed by atoms with Crippen molar-refractivity contribution in [1.82, 2.24) is 15.1 Å². The SMILES string of the molecule is Cc1ccc(C(=O)N2CCCN(C(=O)c3ccc(C(C)(C)C)cc3)C2C(=O)NC2CCC(N)CC2)cc1. The fraction of sp³-hybridized carbons (Fsp3) is 0.500. The molecule has 1 aliphatic carbocycles. The summed E-state index contributed by atoms with van der Waals surface area (Å²) < 4.78 is 0. The van der Waals surface area contributed by atoms with Crippen LogP contribution in [0.25, 0.3) is 0 Å². The highest BCUT2D eigenvalue weighted by molar-refractivity contribution is 6.01. The molecule has 3 amide bonds. The van der Waals surface area contributed by atoms with Gasteiger partial charge in [0, 0.05) is 36.3 Å². The van der Waals surface area contributed by atoms with Crippen LogP contribution >= 0.6 is 0 Å². The highest BCUT2D eigenvalue weighted by Gasteiger charge is 2.41. The van der Waals surface area contributed by atoms with Crippen molar-refractivity contribution in [1.29, 1.82) is 0 Å². The Balaban J connectivity index is 1.63. The minimum Gasteiger partial charge on any atom is -0.350 e. The Morgan fingerprint density at radius 2 is 1.30 bits per heavy atom. The van der Waals surface area contributed by atoms with Crippen LogP contribution in [0.15, 0.2) is 48.5 Å². The van der Waals surface area contributed by atoms with Crippen molar-refractivity contribution in [2.75, 3.05) is 13.1 Å². The standard InChI is InChI=1S/C30H40N4O3/c1-20-6-8-21(9-7-20)28(36)33-18-5-19-34(27(33)26(35)32-25-16-14-24(31)15-17-25)29(37)22-10-12-23(13-11-22)30(2,3)4/h6-13,24-25,27H,5,14-19,31H2,1-4H3,(H,32,35). The molecule has 4 rings (SSSR count). The molecule has 7 heteroatoms. The van der Waals surface area contributed by atoms with Gasteiger partial charge in [-0.15, -0.1) is 0 Å². The molecule has 1 saturated heterocycles. The summed E-state index contributed by atoms with van der Waals surface area (Å²) in [6, 6.07) is 15.1. The van der Waals surface area contributed by atoms with Gasteiger partial charge in [0.25, 0.3) is 17.7 Å². The third kappa shape index (κ3) is 6.21. The Bertz CT molecular complexity index is 1110. The van der Waals surface area contributed by atoms with Crippen LogP contribution in [0.4, 0.5) is 0 Å². The number of carbonyl (C=O) groups is 3. The molecule has 1 saturated carbocycles. The van der Waals surface area contributed by atoms with Gasteiger partial charge in [0.05, 0.1) is 0 Å². The molecule has 37 heavy (non-hydrogen) atoms. The molecule has 1 aliphatic heterocycles. The summed E-state index contributed by atoms with van der Waals surface area (Å²) >= 11 is 0. The first-order chi connectivity index (χ1) is 17.5. The molecule has 2 aromatic rings. The molecule has 3 N–H and O–H groups in total. The number of nitrogens with one attached hydrogen (secondary N) is 1. The molecule has 0 spiro atoms. The first-order valence-corrected chi connectivity index (χ1v) is 13.4. The van der Waals surface area contributed by atoms with Crippen molar-refractivity contribution in [3.63, 3.8) is 0 Å². The lowest BCUT2D eigenvalue weighted by molar-refractivity contribution is -0.133. The van der Waals surface area contributed by atoms with Gasteiger partial charge in [0.2, 0.25) is 0 Å². The molecule has 2 fully saturated rings. The van der Waals surface area contributed by atoms with E-state index in [2.05, 4.69) is 26.1 Å². The summed E-state index contributed by atoms with van der Waals surface area (Å²) in [4.78, 5) is 44.2. The summed E-state index contributed by atoms with van der Waals surface area (Å²) in [6.07, 6.45) is 2.90. The maximum atomic E-state index is 13.8. The van der Waals surface area contributed by atoms with E-state index < -0.39 is 6.17 Å².